The zero-order valence-electron chi connectivity index (χ0n) is 24.2. The fourth-order valence-corrected chi connectivity index (χ4v) is 5.80. The van der Waals surface area contributed by atoms with Crippen molar-refractivity contribution in [2.24, 2.45) is 0 Å². The lowest BCUT2D eigenvalue weighted by Gasteiger charge is -2.18. The van der Waals surface area contributed by atoms with Crippen LogP contribution >= 0.6 is 0 Å². The average molecular weight is 581 g/mol. The number of carbonyl (C=O) groups is 1. The van der Waals surface area contributed by atoms with Crippen molar-refractivity contribution in [3.8, 4) is 23.0 Å². The third kappa shape index (κ3) is 6.01. The maximum atomic E-state index is 13.6. The van der Waals surface area contributed by atoms with Gasteiger partial charge in [-0.05, 0) is 64.7 Å². The summed E-state index contributed by atoms with van der Waals surface area (Å²) in [7, 11) is 0. The number of nitrogens with one attached hydrogen (secondary N) is 1. The number of carbonyl (C=O) groups excluding carboxylic acids is 1. The molecule has 1 aliphatic heterocycles. The van der Waals surface area contributed by atoms with Gasteiger partial charge in [0.25, 0.3) is 0 Å². The second kappa shape index (κ2) is 12.4. The summed E-state index contributed by atoms with van der Waals surface area (Å²) in [6.45, 7) is 1.36. The molecule has 7 rings (SSSR count). The minimum Gasteiger partial charge on any atom is -0.457 e. The summed E-state index contributed by atoms with van der Waals surface area (Å²) >= 11 is 0. The van der Waals surface area contributed by atoms with Crippen LogP contribution in [0, 0.1) is 0 Å². The molecule has 6 aromatic rings. The van der Waals surface area contributed by atoms with Crippen molar-refractivity contribution >= 4 is 16.8 Å². The fourth-order valence-electron chi connectivity index (χ4n) is 5.80. The van der Waals surface area contributed by atoms with E-state index in [1.807, 2.05) is 72.8 Å². The second-order valence-electron chi connectivity index (χ2n) is 10.9. The lowest BCUT2D eigenvalue weighted by Crippen LogP contribution is -2.25. The van der Waals surface area contributed by atoms with E-state index < -0.39 is 0 Å². The Bertz CT molecular complexity index is 1900. The van der Waals surface area contributed by atoms with E-state index >= 15 is 0 Å². The summed E-state index contributed by atoms with van der Waals surface area (Å²) in [5.41, 5.74) is 5.42. The highest BCUT2D eigenvalue weighted by atomic mass is 16.7. The molecule has 0 saturated carbocycles. The molecule has 6 heteroatoms. The van der Waals surface area contributed by atoms with E-state index in [4.69, 9.17) is 14.2 Å². The van der Waals surface area contributed by atoms with Crippen molar-refractivity contribution in [2.45, 2.75) is 25.4 Å². The van der Waals surface area contributed by atoms with E-state index in [9.17, 15) is 4.79 Å². The smallest absolute Gasteiger partial charge is 0.231 e. The highest BCUT2D eigenvalue weighted by Crippen LogP contribution is 2.37. The van der Waals surface area contributed by atoms with Gasteiger partial charge in [0.05, 0.1) is 0 Å². The Labute approximate surface area is 256 Å². The van der Waals surface area contributed by atoms with Gasteiger partial charge < -0.3 is 24.1 Å². The van der Waals surface area contributed by atoms with Gasteiger partial charge in [0.15, 0.2) is 11.5 Å². The molecule has 1 atom stereocenters. The molecule has 218 valence electrons. The van der Waals surface area contributed by atoms with Crippen molar-refractivity contribution < 1.29 is 19.0 Å². The third-order valence-electron chi connectivity index (χ3n) is 7.95. The Morgan fingerprint density at radius 3 is 2.36 bits per heavy atom. The Morgan fingerprint density at radius 2 is 1.50 bits per heavy atom. The number of amides is 1. The summed E-state index contributed by atoms with van der Waals surface area (Å²) < 4.78 is 19.4. The van der Waals surface area contributed by atoms with Crippen LogP contribution in [0.3, 0.4) is 0 Å². The monoisotopic (exact) mass is 580 g/mol. The Morgan fingerprint density at radius 1 is 0.750 bits per heavy atom. The number of hydrogen-bond acceptors (Lipinski definition) is 4. The third-order valence-corrected chi connectivity index (χ3v) is 7.95. The molecular weight excluding hydrogens is 548 g/mol. The summed E-state index contributed by atoms with van der Waals surface area (Å²) in [5.74, 6) is 2.69. The van der Waals surface area contributed by atoms with Gasteiger partial charge in [-0.2, -0.15) is 0 Å². The number of fused-ring (bicyclic) bond motifs is 2. The van der Waals surface area contributed by atoms with Gasteiger partial charge in [-0.3, -0.25) is 4.79 Å². The molecule has 0 bridgehead atoms. The standard InChI is InChI=1S/C38H32N2O4/c41-38(39-23-28-18-19-36-37(20-28)43-26-42-36)22-33(29-12-9-15-31(21-29)44-30-13-5-2-6-14-30)34-25-40(24-27-10-3-1-4-11-27)35-17-8-7-16-32(34)35/h1-21,25,33H,22-24,26H2,(H,39,41)/t33-/m0/s1. The SMILES string of the molecule is O=C(C[C@@H](c1cccc(Oc2ccccc2)c1)c1cn(Cc2ccccc2)c2ccccc12)NCc1ccc2c(c1)OCO2. The maximum absolute atomic E-state index is 13.6. The first-order valence-corrected chi connectivity index (χ1v) is 14.8. The van der Waals surface area contributed by atoms with Crippen LogP contribution in [0.4, 0.5) is 0 Å². The Hall–Kier alpha value is -5.49. The number of para-hydroxylation sites is 2. The normalized spacial score (nSPS) is 12.6. The van der Waals surface area contributed by atoms with E-state index in [1.54, 1.807) is 0 Å². The van der Waals surface area contributed by atoms with Crippen molar-refractivity contribution in [2.75, 3.05) is 6.79 Å². The van der Waals surface area contributed by atoms with Crippen LogP contribution in [-0.2, 0) is 17.9 Å². The van der Waals surface area contributed by atoms with Gasteiger partial charge >= 0.3 is 0 Å². The molecule has 0 aliphatic carbocycles. The number of hydrogen-bond donors (Lipinski definition) is 1. The number of benzene rings is 5. The summed E-state index contributed by atoms with van der Waals surface area (Å²) in [6.07, 6.45) is 2.48. The van der Waals surface area contributed by atoms with Crippen molar-refractivity contribution in [1.29, 1.82) is 0 Å². The van der Waals surface area contributed by atoms with E-state index in [-0.39, 0.29) is 25.0 Å². The minimum absolute atomic E-state index is 0.0399. The number of nitrogens with zero attached hydrogens (tertiary/aromatic N) is 1. The first-order chi connectivity index (χ1) is 21.7. The van der Waals surface area contributed by atoms with E-state index in [0.717, 1.165) is 51.4 Å². The lowest BCUT2D eigenvalue weighted by molar-refractivity contribution is -0.121. The largest absolute Gasteiger partial charge is 0.457 e. The van der Waals surface area contributed by atoms with E-state index in [1.165, 1.54) is 5.56 Å². The molecule has 1 aromatic heterocycles. The Balaban J connectivity index is 1.21. The predicted octanol–water partition coefficient (Wildman–Crippen LogP) is 8.05. The van der Waals surface area contributed by atoms with Gasteiger partial charge in [-0.15, -0.1) is 0 Å². The summed E-state index contributed by atoms with van der Waals surface area (Å²) in [5, 5.41) is 4.27. The minimum atomic E-state index is -0.201. The zero-order chi connectivity index (χ0) is 29.7. The quantitative estimate of drug-likeness (QED) is 0.178. The van der Waals surface area contributed by atoms with Crippen LogP contribution in [0.5, 0.6) is 23.0 Å². The second-order valence-corrected chi connectivity index (χ2v) is 10.9. The first kappa shape index (κ1) is 27.3. The van der Waals surface area contributed by atoms with Crippen LogP contribution in [0.2, 0.25) is 0 Å². The molecule has 0 fully saturated rings. The molecule has 6 nitrogen and oxygen atoms in total. The van der Waals surface area contributed by atoms with Crippen molar-refractivity contribution in [1.82, 2.24) is 9.88 Å². The topological polar surface area (TPSA) is 61.7 Å². The van der Waals surface area contributed by atoms with Gasteiger partial charge in [0.2, 0.25) is 12.7 Å². The predicted molar refractivity (Wildman–Crippen MR) is 171 cm³/mol. The van der Waals surface area contributed by atoms with Gasteiger partial charge in [0.1, 0.15) is 11.5 Å². The fraction of sp³-hybridized carbons (Fsp3) is 0.132. The molecule has 44 heavy (non-hydrogen) atoms. The van der Waals surface area contributed by atoms with E-state index in [0.29, 0.717) is 12.3 Å². The number of aromatic nitrogens is 1. The van der Waals surface area contributed by atoms with E-state index in [2.05, 4.69) is 70.7 Å². The van der Waals surface area contributed by atoms with Crippen molar-refractivity contribution in [3.63, 3.8) is 0 Å². The molecule has 0 radical (unpaired) electrons. The van der Waals surface area contributed by atoms with Crippen LogP contribution in [0.1, 0.15) is 34.6 Å². The summed E-state index contributed by atoms with van der Waals surface area (Å²) in [4.78, 5) is 13.6. The lowest BCUT2D eigenvalue weighted by atomic mass is 9.88. The molecule has 0 unspecified atom stereocenters. The highest BCUT2D eigenvalue weighted by Gasteiger charge is 2.24. The number of ether oxygens (including phenoxy) is 3. The highest BCUT2D eigenvalue weighted by molar-refractivity contribution is 5.87. The first-order valence-electron chi connectivity index (χ1n) is 14.8. The molecule has 5 aromatic carbocycles. The molecular formula is C38H32N2O4. The molecule has 1 aliphatic rings. The molecule has 2 heterocycles. The maximum Gasteiger partial charge on any atom is 0.231 e. The molecule has 1 N–H and O–H groups in total. The van der Waals surface area contributed by atoms with Crippen LogP contribution < -0.4 is 19.5 Å². The zero-order valence-corrected chi connectivity index (χ0v) is 24.2. The Kier molecular flexibility index (Phi) is 7.71. The molecule has 0 spiro atoms. The van der Waals surface area contributed by atoms with Crippen molar-refractivity contribution in [3.05, 3.63) is 156 Å². The molecule has 0 saturated heterocycles. The molecule has 1 amide bonds. The van der Waals surface area contributed by atoms with Gasteiger partial charge in [0, 0.05) is 42.5 Å². The van der Waals surface area contributed by atoms with Gasteiger partial charge in [-0.25, -0.2) is 0 Å². The van der Waals surface area contributed by atoms with Crippen LogP contribution in [0.25, 0.3) is 10.9 Å². The van der Waals surface area contributed by atoms with Crippen LogP contribution in [0.15, 0.2) is 134 Å². The number of rotatable bonds is 10. The van der Waals surface area contributed by atoms with Crippen LogP contribution in [-0.4, -0.2) is 17.3 Å². The average Bonchev–Trinajstić information content (AvgIpc) is 3.68. The van der Waals surface area contributed by atoms with Gasteiger partial charge in [-0.1, -0.05) is 84.9 Å². The summed E-state index contributed by atoms with van der Waals surface area (Å²) in [6, 6.07) is 42.4.